The number of nitrogens with one attached hydrogen (secondary N) is 1. The van der Waals surface area contributed by atoms with Gasteiger partial charge in [-0.15, -0.1) is 0 Å². The molecule has 5 nitrogen and oxygen atoms in total. The van der Waals surface area contributed by atoms with Crippen LogP contribution in [0, 0.1) is 0 Å². The van der Waals surface area contributed by atoms with E-state index < -0.39 is 0 Å². The molecule has 1 unspecified atom stereocenters. The normalized spacial score (nSPS) is 12.0. The second-order valence-electron chi connectivity index (χ2n) is 6.22. The van der Waals surface area contributed by atoms with E-state index in [1.807, 2.05) is 43.5 Å². The van der Waals surface area contributed by atoms with Crippen molar-refractivity contribution in [1.29, 1.82) is 0 Å². The molecule has 136 valence electrons. The molecule has 1 heterocycles. The lowest BCUT2D eigenvalue weighted by Gasteiger charge is -2.17. The van der Waals surface area contributed by atoms with Crippen molar-refractivity contribution in [2.45, 2.75) is 25.9 Å². The number of fused-ring (bicyclic) bond motifs is 1. The van der Waals surface area contributed by atoms with Gasteiger partial charge >= 0.3 is 0 Å². The zero-order valence-corrected chi connectivity index (χ0v) is 15.4. The fourth-order valence-corrected chi connectivity index (χ4v) is 3.08. The Morgan fingerprint density at radius 2 is 1.85 bits per heavy atom. The summed E-state index contributed by atoms with van der Waals surface area (Å²) in [6, 6.07) is 15.8. The predicted molar refractivity (Wildman–Crippen MR) is 103 cm³/mol. The molecule has 1 aromatic heterocycles. The summed E-state index contributed by atoms with van der Waals surface area (Å²) in [6.45, 7) is 2.61. The highest BCUT2D eigenvalue weighted by Gasteiger charge is 2.13. The minimum Gasteiger partial charge on any atom is -0.493 e. The molecule has 0 aliphatic heterocycles. The van der Waals surface area contributed by atoms with Gasteiger partial charge in [-0.25, -0.2) is 0 Å². The van der Waals surface area contributed by atoms with Gasteiger partial charge in [-0.2, -0.15) is 0 Å². The maximum Gasteiger partial charge on any atom is 0.222 e. The largest absolute Gasteiger partial charge is 0.493 e. The summed E-state index contributed by atoms with van der Waals surface area (Å²) in [5, 5.41) is 4.23. The maximum atomic E-state index is 12.4. The molecule has 0 fully saturated rings. The molecule has 3 aromatic rings. The van der Waals surface area contributed by atoms with Crippen LogP contribution in [0.25, 0.3) is 10.9 Å². The molecule has 0 saturated heterocycles. The van der Waals surface area contributed by atoms with Gasteiger partial charge in [0.1, 0.15) is 0 Å². The Labute approximate surface area is 153 Å². The molecular weight excluding hydrogens is 328 g/mol. The predicted octanol–water partition coefficient (Wildman–Crippen LogP) is 3.93. The van der Waals surface area contributed by atoms with Crippen LogP contribution in [0.2, 0.25) is 0 Å². The van der Waals surface area contributed by atoms with Crippen molar-refractivity contribution >= 4 is 16.8 Å². The summed E-state index contributed by atoms with van der Waals surface area (Å²) in [4.78, 5) is 12.4. The summed E-state index contributed by atoms with van der Waals surface area (Å²) in [7, 11) is 3.21. The van der Waals surface area contributed by atoms with Gasteiger partial charge in [0.25, 0.3) is 0 Å². The quantitative estimate of drug-likeness (QED) is 0.701. The van der Waals surface area contributed by atoms with E-state index >= 15 is 0 Å². The third-order valence-electron chi connectivity index (χ3n) is 4.55. The zero-order valence-electron chi connectivity index (χ0n) is 15.4. The lowest BCUT2D eigenvalue weighted by molar-refractivity contribution is -0.121. The second kappa shape index (κ2) is 7.95. The molecule has 1 atom stereocenters. The Morgan fingerprint density at radius 3 is 2.62 bits per heavy atom. The summed E-state index contributed by atoms with van der Waals surface area (Å²) < 4.78 is 12.7. The van der Waals surface area contributed by atoms with Gasteiger partial charge in [-0.1, -0.05) is 24.3 Å². The lowest BCUT2D eigenvalue weighted by Crippen LogP contribution is -2.27. The van der Waals surface area contributed by atoms with Gasteiger partial charge < -0.3 is 19.4 Å². The standard InChI is InChI=1S/C21H24N2O3/c1-15(17-8-9-19(25-2)20(14-17)26-3)22-21(24)11-13-23-12-10-16-6-4-5-7-18(16)23/h4-10,12,14-15H,11,13H2,1-3H3,(H,22,24). The molecule has 3 rings (SSSR count). The first-order valence-corrected chi connectivity index (χ1v) is 8.67. The Hall–Kier alpha value is -2.95. The highest BCUT2D eigenvalue weighted by molar-refractivity contribution is 5.80. The van der Waals surface area contributed by atoms with E-state index in [1.165, 1.54) is 5.39 Å². The van der Waals surface area contributed by atoms with Crippen molar-refractivity contribution in [3.05, 3.63) is 60.3 Å². The first-order chi connectivity index (χ1) is 12.6. The van der Waals surface area contributed by atoms with Gasteiger partial charge in [0.2, 0.25) is 5.91 Å². The first kappa shape index (κ1) is 17.9. The summed E-state index contributed by atoms with van der Waals surface area (Å²) in [5.41, 5.74) is 2.12. The van der Waals surface area contributed by atoms with Crippen LogP contribution in [0.3, 0.4) is 0 Å². The van der Waals surface area contributed by atoms with E-state index in [2.05, 4.69) is 28.1 Å². The molecule has 0 saturated carbocycles. The lowest BCUT2D eigenvalue weighted by atomic mass is 10.1. The van der Waals surface area contributed by atoms with Crippen LogP contribution in [-0.4, -0.2) is 24.7 Å². The van der Waals surface area contributed by atoms with Crippen LogP contribution < -0.4 is 14.8 Å². The van der Waals surface area contributed by atoms with Crippen molar-refractivity contribution < 1.29 is 14.3 Å². The smallest absolute Gasteiger partial charge is 0.222 e. The van der Waals surface area contributed by atoms with Crippen molar-refractivity contribution in [3.63, 3.8) is 0 Å². The summed E-state index contributed by atoms with van der Waals surface area (Å²) >= 11 is 0. The highest BCUT2D eigenvalue weighted by atomic mass is 16.5. The molecule has 1 amide bonds. The molecule has 5 heteroatoms. The molecule has 0 aliphatic rings. The first-order valence-electron chi connectivity index (χ1n) is 8.67. The summed E-state index contributed by atoms with van der Waals surface area (Å²) in [5.74, 6) is 1.35. The Balaban J connectivity index is 1.61. The minimum absolute atomic E-state index is 0.0186. The number of amides is 1. The molecule has 2 aromatic carbocycles. The molecular formula is C21H24N2O3. The van der Waals surface area contributed by atoms with E-state index in [1.54, 1.807) is 14.2 Å². The van der Waals surface area contributed by atoms with Crippen molar-refractivity contribution in [2.24, 2.45) is 0 Å². The molecule has 1 N–H and O–H groups in total. The Morgan fingerprint density at radius 1 is 1.08 bits per heavy atom. The van der Waals surface area contributed by atoms with Crippen molar-refractivity contribution in [3.8, 4) is 11.5 Å². The Kier molecular flexibility index (Phi) is 5.46. The van der Waals surface area contributed by atoms with Crippen LogP contribution >= 0.6 is 0 Å². The van der Waals surface area contributed by atoms with E-state index in [4.69, 9.17) is 9.47 Å². The number of aryl methyl sites for hydroxylation is 1. The fourth-order valence-electron chi connectivity index (χ4n) is 3.08. The number of aromatic nitrogens is 1. The van der Waals surface area contributed by atoms with E-state index in [0.29, 0.717) is 24.5 Å². The number of hydrogen-bond donors (Lipinski definition) is 1. The molecule has 0 spiro atoms. The van der Waals surface area contributed by atoms with Crippen LogP contribution in [0.15, 0.2) is 54.7 Å². The minimum atomic E-state index is -0.108. The van der Waals surface area contributed by atoms with Gasteiger partial charge in [-0.05, 0) is 42.1 Å². The number of rotatable bonds is 7. The number of para-hydroxylation sites is 1. The van der Waals surface area contributed by atoms with E-state index in [0.717, 1.165) is 11.1 Å². The van der Waals surface area contributed by atoms with Crippen molar-refractivity contribution in [2.75, 3.05) is 14.2 Å². The average Bonchev–Trinajstić information content (AvgIpc) is 3.09. The van der Waals surface area contributed by atoms with E-state index in [-0.39, 0.29) is 11.9 Å². The summed E-state index contributed by atoms with van der Waals surface area (Å²) in [6.07, 6.45) is 2.45. The third kappa shape index (κ3) is 3.82. The number of carbonyl (C=O) groups is 1. The number of nitrogens with zero attached hydrogens (tertiary/aromatic N) is 1. The number of methoxy groups -OCH3 is 2. The maximum absolute atomic E-state index is 12.4. The average molecular weight is 352 g/mol. The zero-order chi connectivity index (χ0) is 18.5. The molecule has 26 heavy (non-hydrogen) atoms. The number of carbonyl (C=O) groups excluding carboxylic acids is 1. The molecule has 0 bridgehead atoms. The Bertz CT molecular complexity index is 901. The van der Waals surface area contributed by atoms with Gasteiger partial charge in [0.05, 0.1) is 20.3 Å². The van der Waals surface area contributed by atoms with Gasteiger partial charge in [0.15, 0.2) is 11.5 Å². The number of hydrogen-bond acceptors (Lipinski definition) is 3. The second-order valence-corrected chi connectivity index (χ2v) is 6.22. The SMILES string of the molecule is COc1ccc(C(C)NC(=O)CCn2ccc3ccccc32)cc1OC. The third-order valence-corrected chi connectivity index (χ3v) is 4.55. The van der Waals surface area contributed by atoms with Gasteiger partial charge in [-0.3, -0.25) is 4.79 Å². The fraction of sp³-hybridized carbons (Fsp3) is 0.286. The topological polar surface area (TPSA) is 52.5 Å². The van der Waals surface area contributed by atoms with Crippen LogP contribution in [0.4, 0.5) is 0 Å². The highest BCUT2D eigenvalue weighted by Crippen LogP contribution is 2.29. The van der Waals surface area contributed by atoms with Crippen LogP contribution in [-0.2, 0) is 11.3 Å². The number of ether oxygens (including phenoxy) is 2. The van der Waals surface area contributed by atoms with Crippen LogP contribution in [0.1, 0.15) is 24.9 Å². The molecule has 0 radical (unpaired) electrons. The molecule has 0 aliphatic carbocycles. The van der Waals surface area contributed by atoms with Gasteiger partial charge in [0, 0.05) is 24.7 Å². The monoisotopic (exact) mass is 352 g/mol. The van der Waals surface area contributed by atoms with Crippen LogP contribution in [0.5, 0.6) is 11.5 Å². The van der Waals surface area contributed by atoms with Crippen molar-refractivity contribution in [1.82, 2.24) is 9.88 Å². The number of benzene rings is 2. The van der Waals surface area contributed by atoms with E-state index in [9.17, 15) is 4.79 Å².